The first-order valence-corrected chi connectivity index (χ1v) is 4.60. The highest BCUT2D eigenvalue weighted by molar-refractivity contribution is 5.82. The maximum atomic E-state index is 4.38. The highest BCUT2D eigenvalue weighted by Gasteiger charge is 2.02. The minimum absolute atomic E-state index is 0.926. The van der Waals surface area contributed by atoms with Crippen LogP contribution in [0, 0.1) is 11.8 Å². The molecule has 0 aromatic rings. The Morgan fingerprint density at radius 2 is 2.42 bits per heavy atom. The number of nitrogens with one attached hydrogen (secondary N) is 1. The largest absolute Gasteiger partial charge is 0.373 e. The lowest BCUT2D eigenvalue weighted by atomic mass is 10.2. The molecule has 0 fully saturated rings. The van der Waals surface area contributed by atoms with Gasteiger partial charge in [-0.2, -0.15) is 0 Å². The zero-order valence-electron chi connectivity index (χ0n) is 7.69. The van der Waals surface area contributed by atoms with E-state index in [0.717, 1.165) is 25.9 Å². The third-order valence-electron chi connectivity index (χ3n) is 1.88. The highest BCUT2D eigenvalue weighted by atomic mass is 15.0. The van der Waals surface area contributed by atoms with Crippen molar-refractivity contribution in [3.63, 3.8) is 0 Å². The van der Waals surface area contributed by atoms with Gasteiger partial charge in [-0.1, -0.05) is 0 Å². The van der Waals surface area contributed by atoms with Gasteiger partial charge in [0.25, 0.3) is 0 Å². The summed E-state index contributed by atoms with van der Waals surface area (Å²) in [6, 6.07) is 0. The van der Waals surface area contributed by atoms with Crippen LogP contribution in [0.1, 0.15) is 32.6 Å². The van der Waals surface area contributed by atoms with E-state index in [9.17, 15) is 0 Å². The molecule has 0 amide bonds. The Bertz CT molecular complexity index is 208. The van der Waals surface area contributed by atoms with Gasteiger partial charge in [0, 0.05) is 25.9 Å². The van der Waals surface area contributed by atoms with Gasteiger partial charge in [-0.15, -0.1) is 11.8 Å². The molecule has 0 spiro atoms. The second-order valence-electron chi connectivity index (χ2n) is 2.89. The van der Waals surface area contributed by atoms with Gasteiger partial charge >= 0.3 is 0 Å². The molecule has 66 valence electrons. The lowest BCUT2D eigenvalue weighted by Gasteiger charge is -2.12. The van der Waals surface area contributed by atoms with Crippen molar-refractivity contribution in [3.05, 3.63) is 0 Å². The number of hydrogen-bond donors (Lipinski definition) is 1. The molecule has 0 bridgehead atoms. The number of rotatable bonds is 2. The molecule has 1 rings (SSSR count). The van der Waals surface area contributed by atoms with Gasteiger partial charge in [-0.25, -0.2) is 0 Å². The predicted molar refractivity (Wildman–Crippen MR) is 52.2 cm³/mol. The molecule has 0 radical (unpaired) electrons. The average molecular weight is 164 g/mol. The quantitative estimate of drug-likeness (QED) is 0.486. The second-order valence-corrected chi connectivity index (χ2v) is 2.89. The summed E-state index contributed by atoms with van der Waals surface area (Å²) in [6.07, 6.45) is 4.58. The molecule has 0 aromatic heterocycles. The number of amidine groups is 1. The van der Waals surface area contributed by atoms with Crippen LogP contribution in [-0.2, 0) is 0 Å². The zero-order chi connectivity index (χ0) is 8.65. The Morgan fingerprint density at radius 3 is 3.08 bits per heavy atom. The molecule has 1 N–H and O–H groups in total. The lowest BCUT2D eigenvalue weighted by Crippen LogP contribution is -2.26. The van der Waals surface area contributed by atoms with Gasteiger partial charge in [0.15, 0.2) is 0 Å². The van der Waals surface area contributed by atoms with Crippen LogP contribution in [0.25, 0.3) is 0 Å². The first kappa shape index (κ1) is 9.12. The second kappa shape index (κ2) is 5.65. The number of nitrogens with zero attached hydrogens (tertiary/aromatic N) is 1. The van der Waals surface area contributed by atoms with E-state index in [0.29, 0.717) is 0 Å². The molecule has 12 heavy (non-hydrogen) atoms. The maximum absolute atomic E-state index is 4.38. The van der Waals surface area contributed by atoms with Crippen molar-refractivity contribution < 1.29 is 0 Å². The SMILES string of the molecule is CC#CCCNC1=NCCCC1. The van der Waals surface area contributed by atoms with Crippen molar-refractivity contribution in [1.82, 2.24) is 5.32 Å². The molecule has 2 nitrogen and oxygen atoms in total. The Morgan fingerprint density at radius 1 is 1.50 bits per heavy atom. The lowest BCUT2D eigenvalue weighted by molar-refractivity contribution is 0.707. The van der Waals surface area contributed by atoms with Crippen LogP contribution in [0.2, 0.25) is 0 Å². The molecule has 0 aromatic carbocycles. The van der Waals surface area contributed by atoms with Crippen molar-refractivity contribution in [3.8, 4) is 11.8 Å². The predicted octanol–water partition coefficient (Wildman–Crippen LogP) is 1.57. The summed E-state index contributed by atoms with van der Waals surface area (Å²) < 4.78 is 0. The summed E-state index contributed by atoms with van der Waals surface area (Å²) in [5.41, 5.74) is 0. The van der Waals surface area contributed by atoms with Gasteiger partial charge in [0.05, 0.1) is 5.84 Å². The van der Waals surface area contributed by atoms with E-state index in [2.05, 4.69) is 22.2 Å². The Hall–Kier alpha value is -0.970. The van der Waals surface area contributed by atoms with Gasteiger partial charge in [-0.3, -0.25) is 4.99 Å². The minimum atomic E-state index is 0.926. The van der Waals surface area contributed by atoms with E-state index < -0.39 is 0 Å². The van der Waals surface area contributed by atoms with E-state index in [4.69, 9.17) is 0 Å². The van der Waals surface area contributed by atoms with Crippen LogP contribution in [-0.4, -0.2) is 18.9 Å². The van der Waals surface area contributed by atoms with E-state index in [1.54, 1.807) is 0 Å². The zero-order valence-corrected chi connectivity index (χ0v) is 7.69. The molecule has 2 heteroatoms. The van der Waals surface area contributed by atoms with Crippen LogP contribution in [0.15, 0.2) is 4.99 Å². The van der Waals surface area contributed by atoms with Crippen LogP contribution in [0.3, 0.4) is 0 Å². The molecular weight excluding hydrogens is 148 g/mol. The fourth-order valence-corrected chi connectivity index (χ4v) is 1.24. The van der Waals surface area contributed by atoms with E-state index in [1.807, 2.05) is 6.92 Å². The summed E-state index contributed by atoms with van der Waals surface area (Å²) in [5.74, 6) is 7.08. The minimum Gasteiger partial charge on any atom is -0.373 e. The van der Waals surface area contributed by atoms with E-state index in [1.165, 1.54) is 18.7 Å². The van der Waals surface area contributed by atoms with Crippen molar-refractivity contribution >= 4 is 5.84 Å². The number of aliphatic imine (C=N–C) groups is 1. The summed E-state index contributed by atoms with van der Waals surface area (Å²) >= 11 is 0. The Labute approximate surface area is 74.5 Å². The smallest absolute Gasteiger partial charge is 0.0963 e. The Balaban J connectivity index is 2.12. The normalized spacial score (nSPS) is 15.9. The van der Waals surface area contributed by atoms with Crippen LogP contribution >= 0.6 is 0 Å². The molecule has 0 saturated heterocycles. The van der Waals surface area contributed by atoms with Gasteiger partial charge in [0.2, 0.25) is 0 Å². The monoisotopic (exact) mass is 164 g/mol. The molecule has 0 aliphatic carbocycles. The van der Waals surface area contributed by atoms with Crippen molar-refractivity contribution in [2.45, 2.75) is 32.6 Å². The van der Waals surface area contributed by atoms with E-state index in [-0.39, 0.29) is 0 Å². The van der Waals surface area contributed by atoms with Crippen molar-refractivity contribution in [2.75, 3.05) is 13.1 Å². The topological polar surface area (TPSA) is 24.4 Å². The van der Waals surface area contributed by atoms with Gasteiger partial charge < -0.3 is 5.32 Å². The summed E-state index contributed by atoms with van der Waals surface area (Å²) in [5, 5.41) is 3.30. The third kappa shape index (κ3) is 3.43. The first-order chi connectivity index (χ1) is 5.93. The maximum Gasteiger partial charge on any atom is 0.0963 e. The fraction of sp³-hybridized carbons (Fsp3) is 0.700. The summed E-state index contributed by atoms with van der Waals surface area (Å²) in [7, 11) is 0. The first-order valence-electron chi connectivity index (χ1n) is 4.60. The molecule has 0 unspecified atom stereocenters. The average Bonchev–Trinajstić information content (AvgIpc) is 2.14. The molecule has 1 heterocycles. The van der Waals surface area contributed by atoms with E-state index >= 15 is 0 Å². The molecule has 1 aliphatic rings. The van der Waals surface area contributed by atoms with Gasteiger partial charge in [-0.05, 0) is 19.8 Å². The van der Waals surface area contributed by atoms with Crippen molar-refractivity contribution in [2.24, 2.45) is 4.99 Å². The van der Waals surface area contributed by atoms with Crippen molar-refractivity contribution in [1.29, 1.82) is 0 Å². The fourth-order valence-electron chi connectivity index (χ4n) is 1.24. The molecule has 0 atom stereocenters. The van der Waals surface area contributed by atoms with Crippen LogP contribution in [0.4, 0.5) is 0 Å². The summed E-state index contributed by atoms with van der Waals surface area (Å²) in [4.78, 5) is 4.38. The number of hydrogen-bond acceptors (Lipinski definition) is 2. The summed E-state index contributed by atoms with van der Waals surface area (Å²) in [6.45, 7) is 3.82. The van der Waals surface area contributed by atoms with Crippen LogP contribution in [0.5, 0.6) is 0 Å². The molecule has 0 saturated carbocycles. The highest BCUT2D eigenvalue weighted by Crippen LogP contribution is 2.03. The van der Waals surface area contributed by atoms with Gasteiger partial charge in [0.1, 0.15) is 0 Å². The molecular formula is C10H16N2. The Kier molecular flexibility index (Phi) is 4.30. The standard InChI is InChI=1S/C10H16N2/c1-2-3-5-8-11-10-7-4-6-9-12-10/h4-9H2,1H3,(H,11,12). The molecule has 1 aliphatic heterocycles. The van der Waals surface area contributed by atoms with Crippen LogP contribution < -0.4 is 5.32 Å². The third-order valence-corrected chi connectivity index (χ3v) is 1.88.